The average Bonchev–Trinajstić information content (AvgIpc) is 2.71. The van der Waals surface area contributed by atoms with Crippen LogP contribution in [-0.2, 0) is 33.6 Å². The van der Waals surface area contributed by atoms with E-state index in [2.05, 4.69) is 28.6 Å². The fraction of sp³-hybridized carbons (Fsp3) is 0.588. The van der Waals surface area contributed by atoms with Crippen LogP contribution >= 0.6 is 12.6 Å². The van der Waals surface area contributed by atoms with Gasteiger partial charge in [-0.2, -0.15) is 12.6 Å². The number of carboxylic acids is 2. The molecule has 0 radical (unpaired) electrons. The Morgan fingerprint density at radius 2 is 1.24 bits per heavy atom. The summed E-state index contributed by atoms with van der Waals surface area (Å²) in [6.07, 6.45) is -2.05. The first-order chi connectivity index (χ1) is 15.3. The smallest absolute Gasteiger partial charge is 0.327 e. The summed E-state index contributed by atoms with van der Waals surface area (Å²) in [6, 6.07) is -5.76. The number of carbonyl (C=O) groups is 7. The number of aliphatic carboxylic acids is 2. The molecule has 5 amide bonds. The molecule has 0 heterocycles. The zero-order chi connectivity index (χ0) is 25.7. The molecule has 0 saturated heterocycles. The molecule has 0 aromatic rings. The van der Waals surface area contributed by atoms with Gasteiger partial charge < -0.3 is 43.4 Å². The SMILES string of the molecule is NC(=O)CCC(NC(=O)C(CC(N)=O)NC(=O)C(N)CCC(=O)O)C(=O)NC(CS)C(=O)O. The monoisotopic (exact) mass is 492 g/mol. The van der Waals surface area contributed by atoms with Gasteiger partial charge in [0.1, 0.15) is 18.1 Å². The fourth-order valence-electron chi connectivity index (χ4n) is 2.38. The maximum absolute atomic E-state index is 12.7. The second-order valence-electron chi connectivity index (χ2n) is 6.92. The Labute approximate surface area is 193 Å². The zero-order valence-corrected chi connectivity index (χ0v) is 18.4. The number of carbonyl (C=O) groups excluding carboxylic acids is 5. The summed E-state index contributed by atoms with van der Waals surface area (Å²) >= 11 is 3.81. The summed E-state index contributed by atoms with van der Waals surface area (Å²) in [7, 11) is 0. The molecule has 0 aliphatic heterocycles. The zero-order valence-electron chi connectivity index (χ0n) is 17.5. The predicted molar refractivity (Wildman–Crippen MR) is 114 cm³/mol. The molecule has 0 bridgehead atoms. The first-order valence-corrected chi connectivity index (χ1v) is 10.2. The number of carboxylic acid groups (broad SMARTS) is 2. The van der Waals surface area contributed by atoms with Crippen LogP contribution in [0.3, 0.4) is 0 Å². The van der Waals surface area contributed by atoms with Crippen molar-refractivity contribution in [3.63, 3.8) is 0 Å². The lowest BCUT2D eigenvalue weighted by molar-refractivity contribution is -0.142. The minimum atomic E-state index is -1.59. The van der Waals surface area contributed by atoms with Crippen molar-refractivity contribution in [2.75, 3.05) is 5.75 Å². The third-order valence-electron chi connectivity index (χ3n) is 4.15. The van der Waals surface area contributed by atoms with E-state index in [4.69, 9.17) is 27.4 Å². The van der Waals surface area contributed by atoms with Crippen LogP contribution < -0.4 is 33.2 Å². The summed E-state index contributed by atoms with van der Waals surface area (Å²) in [6.45, 7) is 0. The van der Waals surface area contributed by atoms with E-state index >= 15 is 0 Å². The van der Waals surface area contributed by atoms with Gasteiger partial charge in [-0.15, -0.1) is 0 Å². The van der Waals surface area contributed by atoms with Crippen molar-refractivity contribution in [1.29, 1.82) is 0 Å². The third-order valence-corrected chi connectivity index (χ3v) is 4.52. The van der Waals surface area contributed by atoms with Crippen LogP contribution in [0.25, 0.3) is 0 Å². The molecule has 0 fully saturated rings. The van der Waals surface area contributed by atoms with E-state index in [1.54, 1.807) is 0 Å². The lowest BCUT2D eigenvalue weighted by Gasteiger charge is -2.24. The Balaban J connectivity index is 5.47. The Morgan fingerprint density at radius 1 is 0.727 bits per heavy atom. The van der Waals surface area contributed by atoms with Gasteiger partial charge in [0.05, 0.1) is 12.5 Å². The molecule has 0 spiro atoms. The van der Waals surface area contributed by atoms with Crippen molar-refractivity contribution >= 4 is 54.1 Å². The molecular formula is C17H28N6O9S. The van der Waals surface area contributed by atoms with E-state index in [-0.39, 0.29) is 25.0 Å². The number of rotatable bonds is 16. The summed E-state index contributed by atoms with van der Waals surface area (Å²) in [4.78, 5) is 81.5. The molecule has 0 aromatic heterocycles. The number of nitrogens with one attached hydrogen (secondary N) is 3. The number of nitrogens with two attached hydrogens (primary N) is 3. The van der Waals surface area contributed by atoms with Crippen LogP contribution in [0.15, 0.2) is 0 Å². The maximum atomic E-state index is 12.7. The first kappa shape index (κ1) is 29.6. The highest BCUT2D eigenvalue weighted by Crippen LogP contribution is 2.03. The highest BCUT2D eigenvalue weighted by Gasteiger charge is 2.31. The van der Waals surface area contributed by atoms with Crippen LogP contribution in [0.1, 0.15) is 32.1 Å². The van der Waals surface area contributed by atoms with E-state index in [0.29, 0.717) is 0 Å². The lowest BCUT2D eigenvalue weighted by Crippen LogP contribution is -2.58. The molecule has 0 rings (SSSR count). The first-order valence-electron chi connectivity index (χ1n) is 9.57. The van der Waals surface area contributed by atoms with E-state index in [1.165, 1.54) is 0 Å². The summed E-state index contributed by atoms with van der Waals surface area (Å²) < 4.78 is 0. The number of primary amides is 2. The summed E-state index contributed by atoms with van der Waals surface area (Å²) in [5, 5.41) is 24.2. The molecule has 4 atom stereocenters. The van der Waals surface area contributed by atoms with Gasteiger partial charge in [0.25, 0.3) is 0 Å². The normalized spacial score (nSPS) is 14.1. The molecular weight excluding hydrogens is 464 g/mol. The van der Waals surface area contributed by atoms with Crippen LogP contribution in [-0.4, -0.2) is 81.6 Å². The Hall–Kier alpha value is -3.40. The summed E-state index contributed by atoms with van der Waals surface area (Å²) in [5.74, 6) is -7.65. The highest BCUT2D eigenvalue weighted by atomic mass is 32.1. The number of thiol groups is 1. The number of hydrogen-bond donors (Lipinski definition) is 9. The van der Waals surface area contributed by atoms with Crippen LogP contribution in [0, 0.1) is 0 Å². The van der Waals surface area contributed by atoms with Crippen molar-refractivity contribution in [1.82, 2.24) is 16.0 Å². The van der Waals surface area contributed by atoms with Crippen LogP contribution in [0.5, 0.6) is 0 Å². The number of amides is 5. The molecule has 0 aromatic carbocycles. The van der Waals surface area contributed by atoms with E-state index in [1.807, 2.05) is 0 Å². The Morgan fingerprint density at radius 3 is 1.70 bits per heavy atom. The van der Waals surface area contributed by atoms with Gasteiger partial charge in [0, 0.05) is 18.6 Å². The van der Waals surface area contributed by atoms with Crippen LogP contribution in [0.4, 0.5) is 0 Å². The average molecular weight is 493 g/mol. The van der Waals surface area contributed by atoms with E-state index < -0.39 is 78.5 Å². The van der Waals surface area contributed by atoms with Gasteiger partial charge >= 0.3 is 11.9 Å². The molecule has 0 saturated carbocycles. The second kappa shape index (κ2) is 14.6. The van der Waals surface area contributed by atoms with Crippen molar-refractivity contribution in [2.45, 2.75) is 56.3 Å². The molecule has 0 aliphatic carbocycles. The van der Waals surface area contributed by atoms with Gasteiger partial charge in [-0.25, -0.2) is 4.79 Å². The Kier molecular flexibility index (Phi) is 13.1. The maximum Gasteiger partial charge on any atom is 0.327 e. The van der Waals surface area contributed by atoms with Crippen LogP contribution in [0.2, 0.25) is 0 Å². The molecule has 4 unspecified atom stereocenters. The van der Waals surface area contributed by atoms with Gasteiger partial charge in [0.15, 0.2) is 0 Å². The molecule has 186 valence electrons. The topological polar surface area (TPSA) is 274 Å². The largest absolute Gasteiger partial charge is 0.481 e. The predicted octanol–water partition coefficient (Wildman–Crippen LogP) is -4.21. The quantitative estimate of drug-likeness (QED) is 0.0936. The number of hydrogen-bond acceptors (Lipinski definition) is 9. The standard InChI is InChI=1S/C17H28N6O9S/c18-7(1-4-13(26)27)14(28)22-9(5-12(20)25)16(30)21-8(2-3-11(19)24)15(29)23-10(6-33)17(31)32/h7-10,33H,1-6,18H2,(H2,19,24)(H2,20,25)(H,21,30)(H,22,28)(H,23,29)(H,26,27)(H,31,32). The highest BCUT2D eigenvalue weighted by molar-refractivity contribution is 7.80. The van der Waals surface area contributed by atoms with Gasteiger partial charge in [0.2, 0.25) is 29.5 Å². The van der Waals surface area contributed by atoms with Crippen molar-refractivity contribution in [3.8, 4) is 0 Å². The van der Waals surface area contributed by atoms with Gasteiger partial charge in [-0.3, -0.25) is 28.8 Å². The second-order valence-corrected chi connectivity index (χ2v) is 7.28. The minimum absolute atomic E-state index is 0.254. The summed E-state index contributed by atoms with van der Waals surface area (Å²) in [5.41, 5.74) is 15.7. The van der Waals surface area contributed by atoms with E-state index in [9.17, 15) is 33.6 Å². The minimum Gasteiger partial charge on any atom is -0.481 e. The fourth-order valence-corrected chi connectivity index (χ4v) is 2.63. The van der Waals surface area contributed by atoms with E-state index in [0.717, 1.165) is 0 Å². The van der Waals surface area contributed by atoms with Gasteiger partial charge in [-0.05, 0) is 12.8 Å². The van der Waals surface area contributed by atoms with Gasteiger partial charge in [-0.1, -0.05) is 0 Å². The van der Waals surface area contributed by atoms with Crippen molar-refractivity contribution in [2.24, 2.45) is 17.2 Å². The molecule has 11 N–H and O–H groups in total. The molecule has 15 nitrogen and oxygen atoms in total. The lowest BCUT2D eigenvalue weighted by atomic mass is 10.1. The van der Waals surface area contributed by atoms with Crippen molar-refractivity contribution in [3.05, 3.63) is 0 Å². The third kappa shape index (κ3) is 12.3. The Bertz CT molecular complexity index is 778. The molecule has 16 heteroatoms. The van der Waals surface area contributed by atoms with Crippen molar-refractivity contribution < 1.29 is 43.8 Å². The molecule has 0 aliphatic rings. The molecule has 33 heavy (non-hydrogen) atoms.